The van der Waals surface area contributed by atoms with Crippen molar-refractivity contribution in [3.63, 3.8) is 0 Å². The minimum atomic E-state index is -1.20. The summed E-state index contributed by atoms with van der Waals surface area (Å²) in [5, 5.41) is 20.9. The number of nitrogens with two attached hydrogens (primary N) is 1. The molecular weight excluding hydrogens is 158 g/mol. The summed E-state index contributed by atoms with van der Waals surface area (Å²) in [6.07, 6.45) is 0.543. The van der Waals surface area contributed by atoms with Crippen LogP contribution in [-0.4, -0.2) is 34.1 Å². The molecule has 2 aliphatic rings. The fourth-order valence-corrected chi connectivity index (χ4v) is 1.68. The van der Waals surface area contributed by atoms with Gasteiger partial charge in [0, 0.05) is 6.08 Å². The van der Waals surface area contributed by atoms with E-state index in [-0.39, 0.29) is 12.2 Å². The Balaban J connectivity index is 2.25. The number of epoxide rings is 1. The highest BCUT2D eigenvalue weighted by atomic mass is 16.6. The van der Waals surface area contributed by atoms with Gasteiger partial charge in [0.05, 0.1) is 6.10 Å². The summed E-state index contributed by atoms with van der Waals surface area (Å²) in [4.78, 5) is 0. The zero-order valence-electron chi connectivity index (χ0n) is 6.90. The Morgan fingerprint density at radius 3 is 2.83 bits per heavy atom. The van der Waals surface area contributed by atoms with E-state index in [9.17, 15) is 10.2 Å². The van der Waals surface area contributed by atoms with E-state index in [1.807, 2.05) is 0 Å². The first-order valence-corrected chi connectivity index (χ1v) is 4.00. The Labute approximate surface area is 70.8 Å². The van der Waals surface area contributed by atoms with Gasteiger partial charge in [-0.15, -0.1) is 7.05 Å². The van der Waals surface area contributed by atoms with E-state index in [1.165, 1.54) is 0 Å². The summed E-state index contributed by atoms with van der Waals surface area (Å²) in [5.41, 5.74) is -0.322. The molecular formula is C8H13NO3. The molecule has 4 N–H and O–H groups in total. The summed E-state index contributed by atoms with van der Waals surface area (Å²) in [6, 6.07) is 0. The molecule has 1 aliphatic heterocycles. The molecule has 1 heterocycles. The number of quaternary nitrogens is 1. The van der Waals surface area contributed by atoms with Crippen molar-refractivity contribution < 1.29 is 20.3 Å². The third-order valence-electron chi connectivity index (χ3n) is 2.58. The molecule has 2 rings (SSSR count). The van der Waals surface area contributed by atoms with Gasteiger partial charge < -0.3 is 20.3 Å². The van der Waals surface area contributed by atoms with Crippen molar-refractivity contribution in [3.8, 4) is 0 Å². The Morgan fingerprint density at radius 2 is 2.50 bits per heavy atom. The Kier molecular flexibility index (Phi) is 1.56. The lowest BCUT2D eigenvalue weighted by atomic mass is 9.97. The van der Waals surface area contributed by atoms with Crippen LogP contribution < -0.4 is 5.32 Å². The van der Waals surface area contributed by atoms with Gasteiger partial charge in [-0.25, -0.2) is 0 Å². The molecule has 4 heteroatoms. The molecule has 1 aliphatic carbocycles. The molecule has 0 aromatic heterocycles. The number of aliphatic hydroxyl groups excluding tert-OH is 1. The lowest BCUT2D eigenvalue weighted by Gasteiger charge is -2.23. The first-order chi connectivity index (χ1) is 5.59. The molecule has 0 bridgehead atoms. The van der Waals surface area contributed by atoms with Crippen LogP contribution in [0.4, 0.5) is 0 Å². The van der Waals surface area contributed by atoms with E-state index < -0.39 is 11.7 Å². The average molecular weight is 171 g/mol. The largest absolute Gasteiger partial charge is 0.447 e. The van der Waals surface area contributed by atoms with Crippen molar-refractivity contribution in [3.05, 3.63) is 18.8 Å². The van der Waals surface area contributed by atoms with Gasteiger partial charge in [-0.05, 0) is 6.92 Å². The monoisotopic (exact) mass is 171 g/mol. The van der Waals surface area contributed by atoms with Gasteiger partial charge in [-0.1, -0.05) is 0 Å². The van der Waals surface area contributed by atoms with E-state index in [2.05, 4.69) is 7.05 Å². The molecule has 0 amide bonds. The predicted octanol–water partition coefficient (Wildman–Crippen LogP) is -1.88. The van der Waals surface area contributed by atoms with Crippen molar-refractivity contribution in [2.75, 3.05) is 0 Å². The van der Waals surface area contributed by atoms with Crippen molar-refractivity contribution >= 4 is 0 Å². The number of ether oxygens (including phenoxy) is 1. The van der Waals surface area contributed by atoms with Crippen LogP contribution in [0.2, 0.25) is 0 Å². The van der Waals surface area contributed by atoms with E-state index in [4.69, 9.17) is 4.74 Å². The molecule has 12 heavy (non-hydrogen) atoms. The quantitative estimate of drug-likeness (QED) is 0.336. The second-order valence-corrected chi connectivity index (χ2v) is 3.39. The van der Waals surface area contributed by atoms with Gasteiger partial charge >= 0.3 is 0 Å². The maximum atomic E-state index is 9.88. The predicted molar refractivity (Wildman–Crippen MR) is 40.7 cm³/mol. The second kappa shape index (κ2) is 2.29. The molecule has 4 nitrogen and oxygen atoms in total. The number of fused-ring (bicyclic) bond motifs is 1. The topological polar surface area (TPSA) is 69.6 Å². The minimum Gasteiger partial charge on any atom is -0.447 e. The van der Waals surface area contributed by atoms with Gasteiger partial charge in [0.1, 0.15) is 17.4 Å². The fourth-order valence-electron chi connectivity index (χ4n) is 1.68. The van der Waals surface area contributed by atoms with Crippen LogP contribution in [0.1, 0.15) is 6.92 Å². The third-order valence-corrected chi connectivity index (χ3v) is 2.58. The Hall–Kier alpha value is -0.420. The normalized spacial score (nSPS) is 46.8. The fraction of sp³-hybridized carbons (Fsp3) is 0.625. The van der Waals surface area contributed by atoms with Gasteiger partial charge in [-0.2, -0.15) is 0 Å². The summed E-state index contributed by atoms with van der Waals surface area (Å²) < 4.78 is 5.18. The SMILES string of the molecule is [CH2-][NH2+]C1=C[C@](O)([C@H](C)O)[C@H]2O[C@@H]12. The molecule has 0 radical (unpaired) electrons. The van der Waals surface area contributed by atoms with Crippen LogP contribution >= 0.6 is 0 Å². The number of hydrogen-bond acceptors (Lipinski definition) is 3. The van der Waals surface area contributed by atoms with E-state index in [0.717, 1.165) is 5.70 Å². The van der Waals surface area contributed by atoms with Gasteiger partial charge in [0.25, 0.3) is 0 Å². The molecule has 68 valence electrons. The van der Waals surface area contributed by atoms with Crippen molar-refractivity contribution in [1.82, 2.24) is 0 Å². The van der Waals surface area contributed by atoms with Crippen LogP contribution in [0.5, 0.6) is 0 Å². The van der Waals surface area contributed by atoms with Crippen molar-refractivity contribution in [1.29, 1.82) is 0 Å². The number of aliphatic hydroxyl groups is 2. The van der Waals surface area contributed by atoms with Crippen molar-refractivity contribution in [2.24, 2.45) is 0 Å². The van der Waals surface area contributed by atoms with Crippen molar-refractivity contribution in [2.45, 2.75) is 30.8 Å². The van der Waals surface area contributed by atoms with Crippen LogP contribution in [0.3, 0.4) is 0 Å². The molecule has 1 saturated heterocycles. The van der Waals surface area contributed by atoms with E-state index >= 15 is 0 Å². The average Bonchev–Trinajstić information content (AvgIpc) is 2.74. The maximum absolute atomic E-state index is 9.88. The number of hydrogen-bond donors (Lipinski definition) is 3. The number of rotatable bonds is 2. The standard InChI is InChI=1S/C8H13NO3/c1-4(10)8(11)3-5(9-2)6-7(8)12-6/h3-4,6-7,10-11H,2,9H2,1H3/t4-,6-,7-,8-/m0/s1. The highest BCUT2D eigenvalue weighted by Gasteiger charge is 2.63. The lowest BCUT2D eigenvalue weighted by molar-refractivity contribution is -0.546. The summed E-state index contributed by atoms with van der Waals surface area (Å²) in [6.45, 7) is 1.56. The first kappa shape index (κ1) is 8.19. The molecule has 0 spiro atoms. The second-order valence-electron chi connectivity index (χ2n) is 3.39. The van der Waals surface area contributed by atoms with E-state index in [0.29, 0.717) is 0 Å². The molecule has 0 aromatic carbocycles. The van der Waals surface area contributed by atoms with Gasteiger partial charge in [-0.3, -0.25) is 0 Å². The molecule has 4 atom stereocenters. The minimum absolute atomic E-state index is 0.0397. The zero-order chi connectivity index (χ0) is 8.93. The van der Waals surface area contributed by atoms with Crippen LogP contribution in [0.25, 0.3) is 0 Å². The Morgan fingerprint density at radius 1 is 1.83 bits per heavy atom. The van der Waals surface area contributed by atoms with Crippen LogP contribution in [0, 0.1) is 7.05 Å². The van der Waals surface area contributed by atoms with Gasteiger partial charge in [0.15, 0.2) is 6.10 Å². The highest BCUT2D eigenvalue weighted by Crippen LogP contribution is 2.44. The Bertz CT molecular complexity index is 238. The summed E-state index contributed by atoms with van der Waals surface area (Å²) in [5.74, 6) is 0. The maximum Gasteiger partial charge on any atom is 0.159 e. The van der Waals surface area contributed by atoms with Gasteiger partial charge in [0.2, 0.25) is 0 Å². The molecule has 0 aromatic rings. The lowest BCUT2D eigenvalue weighted by Crippen LogP contribution is -2.75. The molecule has 0 saturated carbocycles. The smallest absolute Gasteiger partial charge is 0.159 e. The summed E-state index contributed by atoms with van der Waals surface area (Å²) >= 11 is 0. The highest BCUT2D eigenvalue weighted by molar-refractivity contribution is 5.31. The summed E-state index contributed by atoms with van der Waals surface area (Å²) in [7, 11) is 3.60. The van der Waals surface area contributed by atoms with E-state index in [1.54, 1.807) is 18.3 Å². The van der Waals surface area contributed by atoms with Crippen LogP contribution in [-0.2, 0) is 4.74 Å². The van der Waals surface area contributed by atoms with Crippen LogP contribution in [0.15, 0.2) is 11.8 Å². The third kappa shape index (κ3) is 0.863. The molecule has 1 fully saturated rings. The molecule has 0 unspecified atom stereocenters. The zero-order valence-corrected chi connectivity index (χ0v) is 6.90. The first-order valence-electron chi connectivity index (χ1n) is 4.00.